The molecular formula is C28H51N5O13. The van der Waals surface area contributed by atoms with Crippen LogP contribution in [0, 0.1) is 11.8 Å². The number of ether oxygens (including phenoxy) is 4. The molecule has 2 heterocycles. The molecule has 2 aliphatic heterocycles. The second kappa shape index (κ2) is 14.5. The number of aliphatic hydroxyl groups excluding tert-OH is 7. The van der Waals surface area contributed by atoms with E-state index in [0.29, 0.717) is 12.5 Å². The van der Waals surface area contributed by atoms with Gasteiger partial charge in [0, 0.05) is 37.5 Å². The van der Waals surface area contributed by atoms with Gasteiger partial charge >= 0.3 is 0 Å². The molecule has 0 bridgehead atoms. The number of rotatable bonds is 12. The van der Waals surface area contributed by atoms with Crippen LogP contribution >= 0.6 is 0 Å². The molecule has 0 aromatic heterocycles. The summed E-state index contributed by atoms with van der Waals surface area (Å²) in [5, 5.41) is 87.8. The minimum atomic E-state index is -1.73. The second-order valence-corrected chi connectivity index (χ2v) is 13.8. The van der Waals surface area contributed by atoms with E-state index in [9.17, 15) is 45.6 Å². The summed E-state index contributed by atoms with van der Waals surface area (Å²) in [4.78, 5) is 13.0. The van der Waals surface area contributed by atoms with Crippen molar-refractivity contribution in [2.75, 3.05) is 19.7 Å². The van der Waals surface area contributed by atoms with E-state index in [0.717, 1.165) is 12.8 Å². The summed E-state index contributed by atoms with van der Waals surface area (Å²) < 4.78 is 23.3. The highest BCUT2D eigenvalue weighted by Crippen LogP contribution is 2.41. The van der Waals surface area contributed by atoms with Gasteiger partial charge in [0.15, 0.2) is 18.4 Å². The molecule has 5 rings (SSSR count). The van der Waals surface area contributed by atoms with E-state index in [1.165, 1.54) is 0 Å². The van der Waals surface area contributed by atoms with Crippen molar-refractivity contribution in [1.82, 2.24) is 5.32 Å². The van der Waals surface area contributed by atoms with Crippen LogP contribution in [0.25, 0.3) is 0 Å². The van der Waals surface area contributed by atoms with Gasteiger partial charge in [-0.15, -0.1) is 0 Å². The van der Waals surface area contributed by atoms with Crippen molar-refractivity contribution >= 4 is 5.78 Å². The van der Waals surface area contributed by atoms with Gasteiger partial charge in [-0.3, -0.25) is 4.79 Å². The van der Waals surface area contributed by atoms with Crippen LogP contribution in [0.15, 0.2) is 0 Å². The smallest absolute Gasteiger partial charge is 0.187 e. The number of carbonyl (C=O) groups excluding carboxylic acids is 1. The summed E-state index contributed by atoms with van der Waals surface area (Å²) in [5.41, 5.74) is 22.2. The molecule has 0 amide bonds. The molecule has 0 aromatic carbocycles. The number of nitrogens with two attached hydrogens (primary N) is 4. The van der Waals surface area contributed by atoms with E-state index in [1.54, 1.807) is 0 Å². The highest BCUT2D eigenvalue weighted by molar-refractivity contribution is 5.91. The maximum atomic E-state index is 13.0. The molecular weight excluding hydrogens is 614 g/mol. The molecule has 0 spiro atoms. The average molecular weight is 666 g/mol. The first-order valence-corrected chi connectivity index (χ1v) is 16.0. The maximum absolute atomic E-state index is 13.0. The Morgan fingerprint density at radius 2 is 1.39 bits per heavy atom. The van der Waals surface area contributed by atoms with Gasteiger partial charge in [0.05, 0.1) is 18.8 Å². The third-order valence-electron chi connectivity index (χ3n) is 10.3. The second-order valence-electron chi connectivity index (χ2n) is 13.8. The minimum Gasteiger partial charge on any atom is -0.394 e. The van der Waals surface area contributed by atoms with Crippen molar-refractivity contribution < 1.29 is 64.6 Å². The van der Waals surface area contributed by atoms with Crippen LogP contribution in [0.5, 0.6) is 0 Å². The van der Waals surface area contributed by atoms with Gasteiger partial charge in [-0.05, 0) is 37.6 Å². The molecule has 17 N–H and O–H groups in total. The summed E-state index contributed by atoms with van der Waals surface area (Å²) >= 11 is 0. The fourth-order valence-electron chi connectivity index (χ4n) is 7.04. The summed E-state index contributed by atoms with van der Waals surface area (Å²) in [5.74, 6) is -1.08. The van der Waals surface area contributed by atoms with E-state index in [2.05, 4.69) is 5.32 Å². The number of ketones is 1. The average Bonchev–Trinajstić information content (AvgIpc) is 3.63. The molecule has 2 saturated heterocycles. The molecule has 46 heavy (non-hydrogen) atoms. The predicted octanol–water partition coefficient (Wildman–Crippen LogP) is -7.21. The Bertz CT molecular complexity index is 1040. The van der Waals surface area contributed by atoms with Crippen LogP contribution in [-0.2, 0) is 23.7 Å². The third kappa shape index (κ3) is 7.29. The Balaban J connectivity index is 1.30. The number of hydrogen-bond acceptors (Lipinski definition) is 18. The Hall–Kier alpha value is -1.01. The van der Waals surface area contributed by atoms with Crippen molar-refractivity contribution in [3.63, 3.8) is 0 Å². The SMILES string of the molecule is NC1CC(CNC[C@H]2O[C@H](OC3[C@@H](N)C[C@@H](CC(=O)C4(O)CC4N)[C@H](O[C@H]4O[C@H](CO)[C@@H](O)[C@H](N)[C@H]4O)[C@H]3O)[C@H](O)[C@@H](O)[C@@H]2O)C1. The fraction of sp³-hybridized carbons (Fsp3) is 0.964. The normalized spacial score (nSPS) is 52.6. The minimum absolute atomic E-state index is 0.0210. The van der Waals surface area contributed by atoms with Crippen molar-refractivity contribution in [2.45, 2.75) is 135 Å². The molecule has 266 valence electrons. The zero-order valence-electron chi connectivity index (χ0n) is 25.5. The standard InChI is InChI=1S/C28H51N5O13/c29-11-1-9(2-11)6-33-7-13-19(37)21(39)22(40)27(43-13)46-25-12(30)3-10(4-16(35)28(42)5-15(28)31)24(23(25)41)45-26-20(38)17(32)18(36)14(8-34)44-26/h9-15,17-27,33-34,36-42H,1-8,29-32H2/t9?,10-,11?,12-,13+,14+,15?,17-,18+,19+,20+,21-,22+,23+,24-,25?,26+,27+,28?/m0/s1. The number of aliphatic hydroxyl groups is 8. The van der Waals surface area contributed by atoms with Crippen LogP contribution in [0.1, 0.15) is 32.1 Å². The van der Waals surface area contributed by atoms with Gasteiger partial charge in [0.2, 0.25) is 0 Å². The highest BCUT2D eigenvalue weighted by Gasteiger charge is 2.58. The first-order valence-electron chi connectivity index (χ1n) is 16.0. The van der Waals surface area contributed by atoms with Crippen LogP contribution in [0.4, 0.5) is 0 Å². The van der Waals surface area contributed by atoms with Crippen LogP contribution in [0.3, 0.4) is 0 Å². The Morgan fingerprint density at radius 3 is 2.00 bits per heavy atom. The number of carbonyl (C=O) groups is 1. The van der Waals surface area contributed by atoms with Crippen molar-refractivity contribution in [3.05, 3.63) is 0 Å². The van der Waals surface area contributed by atoms with Crippen LogP contribution in [0.2, 0.25) is 0 Å². The quantitative estimate of drug-likeness (QED) is 0.0920. The molecule has 17 atom stereocenters. The molecule has 3 saturated carbocycles. The zero-order chi connectivity index (χ0) is 33.7. The molecule has 0 aromatic rings. The maximum Gasteiger partial charge on any atom is 0.187 e. The molecule has 18 heteroatoms. The molecule has 5 aliphatic rings. The van der Waals surface area contributed by atoms with E-state index in [1.807, 2.05) is 0 Å². The van der Waals surface area contributed by atoms with Gasteiger partial charge in [-0.1, -0.05) is 0 Å². The van der Waals surface area contributed by atoms with Gasteiger partial charge in [-0.25, -0.2) is 0 Å². The Labute approximate surface area is 265 Å². The van der Waals surface area contributed by atoms with Crippen LogP contribution < -0.4 is 28.3 Å². The van der Waals surface area contributed by atoms with E-state index >= 15 is 0 Å². The van der Waals surface area contributed by atoms with Gasteiger partial charge in [0.1, 0.15) is 60.5 Å². The Morgan fingerprint density at radius 1 is 0.783 bits per heavy atom. The van der Waals surface area contributed by atoms with Crippen molar-refractivity contribution in [1.29, 1.82) is 0 Å². The largest absolute Gasteiger partial charge is 0.394 e. The lowest BCUT2D eigenvalue weighted by Gasteiger charge is -2.49. The monoisotopic (exact) mass is 665 g/mol. The van der Waals surface area contributed by atoms with E-state index < -0.39 is 116 Å². The van der Waals surface area contributed by atoms with Gasteiger partial charge in [-0.2, -0.15) is 0 Å². The molecule has 18 nitrogen and oxygen atoms in total. The third-order valence-corrected chi connectivity index (χ3v) is 10.3. The first-order chi connectivity index (χ1) is 21.7. The van der Waals surface area contributed by atoms with E-state index in [-0.39, 0.29) is 31.8 Å². The predicted molar refractivity (Wildman–Crippen MR) is 155 cm³/mol. The molecule has 0 radical (unpaired) electrons. The Kier molecular flexibility index (Phi) is 11.4. The first kappa shape index (κ1) is 36.3. The molecule has 3 unspecified atom stereocenters. The molecule has 3 aliphatic carbocycles. The lowest BCUT2D eigenvalue weighted by Crippen LogP contribution is -2.67. The number of hydrogen-bond donors (Lipinski definition) is 13. The summed E-state index contributed by atoms with van der Waals surface area (Å²) in [7, 11) is 0. The number of nitrogens with one attached hydrogen (secondary N) is 1. The summed E-state index contributed by atoms with van der Waals surface area (Å²) in [6, 6.07) is -2.85. The topological polar surface area (TPSA) is 332 Å². The fourth-order valence-corrected chi connectivity index (χ4v) is 7.04. The molecule has 5 fully saturated rings. The van der Waals surface area contributed by atoms with Crippen molar-refractivity contribution in [2.24, 2.45) is 34.8 Å². The van der Waals surface area contributed by atoms with Gasteiger partial charge in [0.25, 0.3) is 0 Å². The van der Waals surface area contributed by atoms with Crippen molar-refractivity contribution in [3.8, 4) is 0 Å². The highest BCUT2D eigenvalue weighted by atomic mass is 16.7. The summed E-state index contributed by atoms with van der Waals surface area (Å²) in [6.07, 6.45) is -16.1. The van der Waals surface area contributed by atoms with Gasteiger partial charge < -0.3 is 88.1 Å². The number of Topliss-reactive ketones (excluding diaryl/α,β-unsaturated/α-hetero) is 1. The lowest BCUT2D eigenvalue weighted by atomic mass is 9.76. The van der Waals surface area contributed by atoms with Crippen LogP contribution in [-0.4, -0.2) is 170 Å². The lowest BCUT2D eigenvalue weighted by molar-refractivity contribution is -0.335. The zero-order valence-corrected chi connectivity index (χ0v) is 25.5. The van der Waals surface area contributed by atoms with E-state index in [4.69, 9.17) is 41.9 Å². The summed E-state index contributed by atoms with van der Waals surface area (Å²) in [6.45, 7) is 0.0714.